The van der Waals surface area contributed by atoms with Gasteiger partial charge in [0.05, 0.1) is 23.3 Å². The number of hydrogen-bond donors (Lipinski definition) is 0. The van der Waals surface area contributed by atoms with Gasteiger partial charge < -0.3 is 0 Å². The predicted octanol–water partition coefficient (Wildman–Crippen LogP) is 11.4. The van der Waals surface area contributed by atoms with Crippen LogP contribution in [0.4, 0.5) is 0 Å². The molecule has 0 unspecified atom stereocenters. The van der Waals surface area contributed by atoms with Gasteiger partial charge in [0.25, 0.3) is 0 Å². The van der Waals surface area contributed by atoms with Crippen molar-refractivity contribution in [2.75, 3.05) is 0 Å². The summed E-state index contributed by atoms with van der Waals surface area (Å²) in [6.07, 6.45) is 0. The molecule has 46 heavy (non-hydrogen) atoms. The highest BCUT2D eigenvalue weighted by molar-refractivity contribution is 5.81. The second kappa shape index (κ2) is 12.6. The number of nitriles is 2. The van der Waals surface area contributed by atoms with E-state index in [1.54, 1.807) is 0 Å². The van der Waals surface area contributed by atoms with Crippen molar-refractivity contribution in [3.63, 3.8) is 0 Å². The molecule has 0 aliphatic heterocycles. The second-order valence-corrected chi connectivity index (χ2v) is 11.3. The van der Waals surface area contributed by atoms with Crippen molar-refractivity contribution in [2.24, 2.45) is 0 Å². The first kappa shape index (κ1) is 28.3. The Morgan fingerprint density at radius 1 is 0.239 bits per heavy atom. The molecule has 0 spiro atoms. The fourth-order valence-electron chi connectivity index (χ4n) is 5.90. The summed E-state index contributed by atoms with van der Waals surface area (Å²) in [4.78, 5) is 0. The van der Waals surface area contributed by atoms with E-state index in [1.165, 1.54) is 5.56 Å². The maximum atomic E-state index is 9.87. The highest BCUT2D eigenvalue weighted by Gasteiger charge is 2.10. The van der Waals surface area contributed by atoms with Crippen LogP contribution in [0.1, 0.15) is 11.1 Å². The third-order valence-corrected chi connectivity index (χ3v) is 8.30. The Morgan fingerprint density at radius 2 is 0.500 bits per heavy atom. The lowest BCUT2D eigenvalue weighted by atomic mass is 9.93. The van der Waals surface area contributed by atoms with Gasteiger partial charge in [-0.25, -0.2) is 0 Å². The Bertz CT molecular complexity index is 2230. The molecular weight excluding hydrogens is 556 g/mol. The number of benzene rings is 7. The molecule has 214 valence electrons. The molecule has 0 radical (unpaired) electrons. The van der Waals surface area contributed by atoms with Crippen molar-refractivity contribution in [1.29, 1.82) is 10.5 Å². The summed E-state index contributed by atoms with van der Waals surface area (Å²) in [5.74, 6) is 0. The number of nitrogens with zero attached hydrogens (tertiary/aromatic N) is 2. The van der Waals surface area contributed by atoms with Crippen molar-refractivity contribution < 1.29 is 0 Å². The van der Waals surface area contributed by atoms with Crippen molar-refractivity contribution in [3.05, 3.63) is 181 Å². The Morgan fingerprint density at radius 3 is 0.913 bits per heavy atom. The Balaban J connectivity index is 1.18. The summed E-state index contributed by atoms with van der Waals surface area (Å²) >= 11 is 0. The lowest BCUT2D eigenvalue weighted by Crippen LogP contribution is -1.87. The van der Waals surface area contributed by atoms with E-state index in [2.05, 4.69) is 121 Å². The zero-order chi connectivity index (χ0) is 31.3. The monoisotopic (exact) mass is 584 g/mol. The number of rotatable bonds is 6. The fourth-order valence-corrected chi connectivity index (χ4v) is 5.90. The van der Waals surface area contributed by atoms with Crippen LogP contribution in [0.3, 0.4) is 0 Å². The highest BCUT2D eigenvalue weighted by atomic mass is 14.2. The molecule has 2 heteroatoms. The standard InChI is InChI=1S/C44H28N2/c45-29-31-22-41(34-10-5-2-6-11-34)27-42(23-31)38-20-16-36(17-21-38)39-12-7-13-40(26-39)44-25-32(30-46)24-43(28-44)37-18-14-35(15-19-37)33-8-3-1-4-9-33/h1-28H. The Labute approximate surface area is 269 Å². The van der Waals surface area contributed by atoms with Crippen molar-refractivity contribution in [3.8, 4) is 78.9 Å². The lowest BCUT2D eigenvalue weighted by molar-refractivity contribution is 1.47. The first-order chi connectivity index (χ1) is 22.7. The zero-order valence-electron chi connectivity index (χ0n) is 25.1. The van der Waals surface area contributed by atoms with Crippen LogP contribution in [0.5, 0.6) is 0 Å². The van der Waals surface area contributed by atoms with E-state index in [1.807, 2.05) is 60.7 Å². The average molecular weight is 585 g/mol. The zero-order valence-corrected chi connectivity index (χ0v) is 25.1. The first-order valence-electron chi connectivity index (χ1n) is 15.2. The maximum Gasteiger partial charge on any atom is 0.0992 e. The van der Waals surface area contributed by atoms with E-state index >= 15 is 0 Å². The van der Waals surface area contributed by atoms with Crippen LogP contribution in [-0.4, -0.2) is 0 Å². The molecule has 2 nitrogen and oxygen atoms in total. The molecule has 0 bridgehead atoms. The van der Waals surface area contributed by atoms with Crippen LogP contribution in [-0.2, 0) is 0 Å². The summed E-state index contributed by atoms with van der Waals surface area (Å²) in [6, 6.07) is 62.7. The Kier molecular flexibility index (Phi) is 7.77. The molecule has 0 aromatic heterocycles. The van der Waals surface area contributed by atoms with E-state index in [9.17, 15) is 10.5 Å². The molecule has 0 saturated heterocycles. The minimum atomic E-state index is 0.629. The van der Waals surface area contributed by atoms with E-state index in [0.29, 0.717) is 11.1 Å². The molecule has 0 heterocycles. The quantitative estimate of drug-likeness (QED) is 0.195. The lowest BCUT2D eigenvalue weighted by Gasteiger charge is -2.11. The molecule has 0 aliphatic carbocycles. The van der Waals surface area contributed by atoms with E-state index in [0.717, 1.165) is 61.2 Å². The van der Waals surface area contributed by atoms with Crippen LogP contribution in [0.15, 0.2) is 170 Å². The molecule has 0 aliphatic rings. The van der Waals surface area contributed by atoms with Crippen molar-refractivity contribution in [2.45, 2.75) is 0 Å². The third kappa shape index (κ3) is 5.97. The normalized spacial score (nSPS) is 10.6. The summed E-state index contributed by atoms with van der Waals surface area (Å²) in [5, 5.41) is 19.6. The van der Waals surface area contributed by atoms with E-state index < -0.39 is 0 Å². The number of hydrogen-bond acceptors (Lipinski definition) is 2. The molecule has 7 aromatic rings. The molecule has 0 saturated carbocycles. The molecule has 0 fully saturated rings. The molecule has 0 amide bonds. The van der Waals surface area contributed by atoms with Crippen LogP contribution in [0.2, 0.25) is 0 Å². The minimum absolute atomic E-state index is 0.629. The highest BCUT2D eigenvalue weighted by Crippen LogP contribution is 2.34. The van der Waals surface area contributed by atoms with Gasteiger partial charge in [0.2, 0.25) is 0 Å². The van der Waals surface area contributed by atoms with Crippen molar-refractivity contribution in [1.82, 2.24) is 0 Å². The van der Waals surface area contributed by atoms with Gasteiger partial charge in [0.1, 0.15) is 0 Å². The maximum absolute atomic E-state index is 9.87. The van der Waals surface area contributed by atoms with Gasteiger partial charge >= 0.3 is 0 Å². The molecule has 7 rings (SSSR count). The first-order valence-corrected chi connectivity index (χ1v) is 15.2. The minimum Gasteiger partial charge on any atom is -0.192 e. The average Bonchev–Trinajstić information content (AvgIpc) is 3.15. The summed E-state index contributed by atoms with van der Waals surface area (Å²) in [7, 11) is 0. The largest absolute Gasteiger partial charge is 0.192 e. The van der Waals surface area contributed by atoms with Gasteiger partial charge in [0.15, 0.2) is 0 Å². The SMILES string of the molecule is N#Cc1cc(-c2ccccc2)cc(-c2ccc(-c3cccc(-c4cc(C#N)cc(-c5ccc(-c6ccccc6)cc5)c4)c3)cc2)c1. The van der Waals surface area contributed by atoms with Gasteiger partial charge in [-0.1, -0.05) is 127 Å². The van der Waals surface area contributed by atoms with Gasteiger partial charge in [-0.2, -0.15) is 10.5 Å². The molecular formula is C44H28N2. The summed E-state index contributed by atoms with van der Waals surface area (Å²) < 4.78 is 0. The van der Waals surface area contributed by atoms with E-state index in [-0.39, 0.29) is 0 Å². The second-order valence-electron chi connectivity index (χ2n) is 11.3. The smallest absolute Gasteiger partial charge is 0.0992 e. The van der Waals surface area contributed by atoms with Gasteiger partial charge in [-0.15, -0.1) is 0 Å². The third-order valence-electron chi connectivity index (χ3n) is 8.30. The van der Waals surface area contributed by atoms with Crippen LogP contribution in [0, 0.1) is 22.7 Å². The van der Waals surface area contributed by atoms with Crippen LogP contribution < -0.4 is 0 Å². The topological polar surface area (TPSA) is 47.6 Å². The van der Waals surface area contributed by atoms with Gasteiger partial charge in [-0.05, 0) is 109 Å². The van der Waals surface area contributed by atoms with Crippen LogP contribution >= 0.6 is 0 Å². The fraction of sp³-hybridized carbons (Fsp3) is 0. The van der Waals surface area contributed by atoms with E-state index in [4.69, 9.17) is 0 Å². The van der Waals surface area contributed by atoms with Crippen molar-refractivity contribution >= 4 is 0 Å². The molecule has 0 N–H and O–H groups in total. The van der Waals surface area contributed by atoms with Gasteiger partial charge in [-0.3, -0.25) is 0 Å². The predicted molar refractivity (Wildman–Crippen MR) is 188 cm³/mol. The van der Waals surface area contributed by atoms with Gasteiger partial charge in [0, 0.05) is 0 Å². The summed E-state index contributed by atoms with van der Waals surface area (Å²) in [5.41, 5.74) is 14.1. The molecule has 0 atom stereocenters. The van der Waals surface area contributed by atoms with Crippen LogP contribution in [0.25, 0.3) is 66.8 Å². The summed E-state index contributed by atoms with van der Waals surface area (Å²) in [6.45, 7) is 0. The Hall–Kier alpha value is -6.48. The molecule has 7 aromatic carbocycles.